The molecule has 0 aliphatic heterocycles. The number of aryl methyl sites for hydroxylation is 3. The molecule has 0 aliphatic carbocycles. The molecule has 0 fully saturated rings. The maximum absolute atomic E-state index is 9.95. The molecule has 1 unspecified atom stereocenters. The van der Waals surface area contributed by atoms with E-state index in [-0.39, 0.29) is 0 Å². The fraction of sp³-hybridized carbons (Fsp3) is 0.294. The highest BCUT2D eigenvalue weighted by Gasteiger charge is 2.19. The summed E-state index contributed by atoms with van der Waals surface area (Å²) in [5.41, 5.74) is 3.42. The molecule has 0 aromatic carbocycles. The molecule has 0 aliphatic rings. The van der Waals surface area contributed by atoms with Gasteiger partial charge in [-0.05, 0) is 51.5 Å². The van der Waals surface area contributed by atoms with Crippen molar-refractivity contribution in [1.82, 2.24) is 39.6 Å². The fourth-order valence-corrected chi connectivity index (χ4v) is 2.77. The SMILES string of the molecule is Cc1cc(C)c(-c2nc(C(C)O)nn2-c2ccc3nnc(C)n3n2)cn1. The minimum atomic E-state index is -0.797. The summed E-state index contributed by atoms with van der Waals surface area (Å²) in [6.07, 6.45) is 0.966. The molecule has 0 saturated carbocycles. The van der Waals surface area contributed by atoms with Gasteiger partial charge in [-0.1, -0.05) is 0 Å². The van der Waals surface area contributed by atoms with Crippen molar-refractivity contribution in [3.05, 3.63) is 47.3 Å². The molecule has 1 atom stereocenters. The predicted molar refractivity (Wildman–Crippen MR) is 93.8 cm³/mol. The van der Waals surface area contributed by atoms with E-state index in [1.807, 2.05) is 32.9 Å². The summed E-state index contributed by atoms with van der Waals surface area (Å²) in [5.74, 6) is 2.12. The maximum atomic E-state index is 9.95. The van der Waals surface area contributed by atoms with Crippen LogP contribution in [0.5, 0.6) is 0 Å². The van der Waals surface area contributed by atoms with Crippen LogP contribution in [-0.2, 0) is 0 Å². The molecule has 4 heterocycles. The Bertz CT molecular complexity index is 1110. The largest absolute Gasteiger partial charge is 0.385 e. The number of fused-ring (bicyclic) bond motifs is 1. The van der Waals surface area contributed by atoms with Gasteiger partial charge in [0, 0.05) is 17.5 Å². The standard InChI is InChI=1S/C17H18N8O/c1-9-7-10(2)18-8-13(9)17-19-16(11(3)26)23-25(17)15-6-5-14-21-20-12(4)24(14)22-15/h5-8,11,26H,1-4H3. The lowest BCUT2D eigenvalue weighted by atomic mass is 10.1. The molecule has 9 heteroatoms. The average Bonchev–Trinajstić information content (AvgIpc) is 3.19. The van der Waals surface area contributed by atoms with Gasteiger partial charge in [-0.3, -0.25) is 4.98 Å². The van der Waals surface area contributed by atoms with Crippen molar-refractivity contribution >= 4 is 5.65 Å². The molecule has 4 aromatic heterocycles. The van der Waals surface area contributed by atoms with E-state index in [0.717, 1.165) is 16.8 Å². The van der Waals surface area contributed by atoms with E-state index in [1.165, 1.54) is 0 Å². The van der Waals surface area contributed by atoms with Gasteiger partial charge in [0.15, 0.2) is 28.9 Å². The third-order valence-electron chi connectivity index (χ3n) is 4.11. The summed E-state index contributed by atoms with van der Waals surface area (Å²) in [6.45, 7) is 7.39. The second-order valence-electron chi connectivity index (χ2n) is 6.23. The van der Waals surface area contributed by atoms with E-state index < -0.39 is 6.10 Å². The van der Waals surface area contributed by atoms with Gasteiger partial charge in [0.25, 0.3) is 0 Å². The van der Waals surface area contributed by atoms with Crippen LogP contribution in [0.1, 0.15) is 35.9 Å². The average molecular weight is 350 g/mol. The molecule has 4 rings (SSSR count). The zero-order chi connectivity index (χ0) is 18.4. The van der Waals surface area contributed by atoms with E-state index >= 15 is 0 Å². The molecule has 0 amide bonds. The Morgan fingerprint density at radius 3 is 2.62 bits per heavy atom. The first-order chi connectivity index (χ1) is 12.4. The van der Waals surface area contributed by atoms with E-state index in [2.05, 4.69) is 30.4 Å². The summed E-state index contributed by atoms with van der Waals surface area (Å²) in [4.78, 5) is 8.89. The highest BCUT2D eigenvalue weighted by molar-refractivity contribution is 5.61. The Morgan fingerprint density at radius 1 is 1.08 bits per heavy atom. The molecule has 0 saturated heterocycles. The number of nitrogens with zero attached hydrogens (tertiary/aromatic N) is 8. The second-order valence-corrected chi connectivity index (χ2v) is 6.23. The summed E-state index contributed by atoms with van der Waals surface area (Å²) < 4.78 is 3.25. The minimum absolute atomic E-state index is 0.322. The summed E-state index contributed by atoms with van der Waals surface area (Å²) in [5, 5.41) is 27.0. The normalized spacial score (nSPS) is 12.7. The van der Waals surface area contributed by atoms with E-state index in [4.69, 9.17) is 0 Å². The lowest BCUT2D eigenvalue weighted by Gasteiger charge is -2.08. The van der Waals surface area contributed by atoms with Crippen molar-refractivity contribution in [1.29, 1.82) is 0 Å². The lowest BCUT2D eigenvalue weighted by molar-refractivity contribution is 0.189. The predicted octanol–water partition coefficient (Wildman–Crippen LogP) is 1.75. The number of hydrogen-bond acceptors (Lipinski definition) is 7. The van der Waals surface area contributed by atoms with Crippen LogP contribution in [-0.4, -0.2) is 44.7 Å². The molecule has 0 radical (unpaired) electrons. The molecule has 1 N–H and O–H groups in total. The number of pyridine rings is 1. The van der Waals surface area contributed by atoms with Crippen LogP contribution in [0.3, 0.4) is 0 Å². The van der Waals surface area contributed by atoms with Crippen LogP contribution in [0.15, 0.2) is 24.4 Å². The molecule has 4 aromatic rings. The van der Waals surface area contributed by atoms with Gasteiger partial charge in [-0.25, -0.2) is 4.98 Å². The Morgan fingerprint density at radius 2 is 1.88 bits per heavy atom. The van der Waals surface area contributed by atoms with Crippen LogP contribution in [0.25, 0.3) is 22.9 Å². The van der Waals surface area contributed by atoms with Crippen LogP contribution < -0.4 is 0 Å². The van der Waals surface area contributed by atoms with Crippen molar-refractivity contribution < 1.29 is 5.11 Å². The maximum Gasteiger partial charge on any atom is 0.179 e. The van der Waals surface area contributed by atoms with Crippen molar-refractivity contribution in [3.63, 3.8) is 0 Å². The number of aliphatic hydroxyl groups is 1. The second kappa shape index (κ2) is 5.95. The van der Waals surface area contributed by atoms with Gasteiger partial charge in [-0.2, -0.15) is 9.20 Å². The quantitative estimate of drug-likeness (QED) is 0.600. The highest BCUT2D eigenvalue weighted by Crippen LogP contribution is 2.25. The van der Waals surface area contributed by atoms with E-state index in [1.54, 1.807) is 28.4 Å². The highest BCUT2D eigenvalue weighted by atomic mass is 16.3. The molecule has 132 valence electrons. The van der Waals surface area contributed by atoms with Gasteiger partial charge in [-0.15, -0.1) is 20.4 Å². The van der Waals surface area contributed by atoms with Crippen molar-refractivity contribution in [3.8, 4) is 17.2 Å². The van der Waals surface area contributed by atoms with Gasteiger partial charge in [0.2, 0.25) is 0 Å². The number of rotatable bonds is 3. The van der Waals surface area contributed by atoms with Crippen LogP contribution in [0.2, 0.25) is 0 Å². The Kier molecular flexibility index (Phi) is 3.73. The Labute approximate surface area is 149 Å². The summed E-state index contributed by atoms with van der Waals surface area (Å²) >= 11 is 0. The molecule has 26 heavy (non-hydrogen) atoms. The zero-order valence-electron chi connectivity index (χ0n) is 14.9. The molecule has 9 nitrogen and oxygen atoms in total. The van der Waals surface area contributed by atoms with E-state index in [0.29, 0.717) is 28.9 Å². The van der Waals surface area contributed by atoms with Crippen LogP contribution >= 0.6 is 0 Å². The molecular formula is C17H18N8O. The first kappa shape index (κ1) is 16.3. The topological polar surface area (TPSA) is 107 Å². The minimum Gasteiger partial charge on any atom is -0.385 e. The van der Waals surface area contributed by atoms with Crippen LogP contribution in [0, 0.1) is 20.8 Å². The summed E-state index contributed by atoms with van der Waals surface area (Å²) in [6, 6.07) is 5.59. The van der Waals surface area contributed by atoms with E-state index in [9.17, 15) is 5.11 Å². The number of hydrogen-bond donors (Lipinski definition) is 1. The van der Waals surface area contributed by atoms with Gasteiger partial charge in [0.05, 0.1) is 0 Å². The zero-order valence-corrected chi connectivity index (χ0v) is 14.9. The number of aliphatic hydroxyl groups excluding tert-OH is 1. The van der Waals surface area contributed by atoms with Crippen LogP contribution in [0.4, 0.5) is 0 Å². The van der Waals surface area contributed by atoms with Gasteiger partial charge < -0.3 is 5.11 Å². The first-order valence-corrected chi connectivity index (χ1v) is 8.22. The third kappa shape index (κ3) is 2.62. The number of aromatic nitrogens is 8. The van der Waals surface area contributed by atoms with Crippen molar-refractivity contribution in [2.24, 2.45) is 0 Å². The van der Waals surface area contributed by atoms with Gasteiger partial charge >= 0.3 is 0 Å². The molecule has 0 spiro atoms. The Balaban J connectivity index is 1.95. The Hall–Kier alpha value is -3.20. The van der Waals surface area contributed by atoms with Crippen molar-refractivity contribution in [2.75, 3.05) is 0 Å². The smallest absolute Gasteiger partial charge is 0.179 e. The molecule has 0 bridgehead atoms. The van der Waals surface area contributed by atoms with Crippen molar-refractivity contribution in [2.45, 2.75) is 33.8 Å². The molecular weight excluding hydrogens is 332 g/mol. The monoisotopic (exact) mass is 350 g/mol. The first-order valence-electron chi connectivity index (χ1n) is 8.22. The fourth-order valence-electron chi connectivity index (χ4n) is 2.77. The lowest BCUT2D eigenvalue weighted by Crippen LogP contribution is -2.07. The summed E-state index contributed by atoms with van der Waals surface area (Å²) in [7, 11) is 0. The third-order valence-corrected chi connectivity index (χ3v) is 4.11. The van der Waals surface area contributed by atoms with Gasteiger partial charge in [0.1, 0.15) is 6.10 Å².